The number of hydrogen-bond acceptors (Lipinski definition) is 4. The minimum absolute atomic E-state index is 0.0758. The topological polar surface area (TPSA) is 49.3 Å². The Morgan fingerprint density at radius 1 is 1.17 bits per heavy atom. The fraction of sp³-hybridized carbons (Fsp3) is 0.556. The van der Waals surface area contributed by atoms with Gasteiger partial charge in [-0.15, -0.1) is 22.7 Å². The van der Waals surface area contributed by atoms with Gasteiger partial charge in [0, 0.05) is 34.7 Å². The average Bonchev–Trinajstić information content (AvgIpc) is 3.18. The summed E-state index contributed by atoms with van der Waals surface area (Å²) in [5, 5.41) is 12.1. The molecule has 2 N–H and O–H groups in total. The van der Waals surface area contributed by atoms with Gasteiger partial charge in [-0.1, -0.05) is 40.7 Å². The maximum absolute atomic E-state index is 4.71. The molecule has 0 atom stereocenters. The lowest BCUT2D eigenvalue weighted by molar-refractivity contribution is 0.518. The van der Waals surface area contributed by atoms with Gasteiger partial charge < -0.3 is 10.6 Å². The van der Waals surface area contributed by atoms with Crippen molar-refractivity contribution in [3.05, 3.63) is 38.5 Å². The zero-order valence-corrected chi connectivity index (χ0v) is 17.1. The number of thiophene rings is 1. The molecule has 2 rings (SSSR count). The van der Waals surface area contributed by atoms with Crippen LogP contribution in [0.25, 0.3) is 0 Å². The van der Waals surface area contributed by atoms with Gasteiger partial charge in [0.2, 0.25) is 0 Å². The van der Waals surface area contributed by atoms with Crippen LogP contribution in [0.1, 0.15) is 50.2 Å². The van der Waals surface area contributed by atoms with Crippen molar-refractivity contribution < 1.29 is 0 Å². The Labute approximate surface area is 153 Å². The number of thiazole rings is 1. The van der Waals surface area contributed by atoms with Crippen molar-refractivity contribution in [3.63, 3.8) is 0 Å². The third-order valence-corrected chi connectivity index (χ3v) is 5.92. The zero-order valence-electron chi connectivity index (χ0n) is 15.4. The first-order valence-corrected chi connectivity index (χ1v) is 9.92. The molecule has 0 aliphatic carbocycles. The first kappa shape index (κ1) is 18.9. The van der Waals surface area contributed by atoms with Crippen molar-refractivity contribution in [3.8, 4) is 0 Å². The summed E-state index contributed by atoms with van der Waals surface area (Å²) in [7, 11) is 1.80. The van der Waals surface area contributed by atoms with E-state index in [1.54, 1.807) is 29.7 Å². The van der Waals surface area contributed by atoms with Gasteiger partial charge in [-0.2, -0.15) is 0 Å². The molecule has 0 saturated carbocycles. The summed E-state index contributed by atoms with van der Waals surface area (Å²) in [6.45, 7) is 12.6. The predicted octanol–water partition coefficient (Wildman–Crippen LogP) is 4.14. The molecule has 0 unspecified atom stereocenters. The van der Waals surface area contributed by atoms with Crippen molar-refractivity contribution in [2.45, 2.75) is 52.0 Å². The van der Waals surface area contributed by atoms with Gasteiger partial charge in [0.25, 0.3) is 0 Å². The molecule has 0 saturated heterocycles. The molecule has 24 heavy (non-hydrogen) atoms. The van der Waals surface area contributed by atoms with E-state index in [2.05, 4.69) is 73.1 Å². The van der Waals surface area contributed by atoms with Gasteiger partial charge in [0.1, 0.15) is 5.01 Å². The molecule has 0 bridgehead atoms. The molecule has 0 amide bonds. The maximum atomic E-state index is 4.71. The van der Waals surface area contributed by atoms with Crippen LogP contribution in [0, 0.1) is 0 Å². The second-order valence-electron chi connectivity index (χ2n) is 7.52. The van der Waals surface area contributed by atoms with E-state index in [9.17, 15) is 0 Å². The van der Waals surface area contributed by atoms with E-state index in [4.69, 9.17) is 4.98 Å². The lowest BCUT2D eigenvalue weighted by atomic mass is 9.91. The van der Waals surface area contributed by atoms with Gasteiger partial charge in [-0.25, -0.2) is 4.98 Å². The van der Waals surface area contributed by atoms with Crippen molar-refractivity contribution in [2.75, 3.05) is 13.6 Å². The summed E-state index contributed by atoms with van der Waals surface area (Å²) in [5.74, 6) is 0.812. The van der Waals surface area contributed by atoms with Crippen molar-refractivity contribution >= 4 is 28.6 Å². The second-order valence-corrected chi connectivity index (χ2v) is 9.41. The summed E-state index contributed by atoms with van der Waals surface area (Å²) >= 11 is 3.49. The predicted molar refractivity (Wildman–Crippen MR) is 106 cm³/mol. The Kier molecular flexibility index (Phi) is 6.04. The Morgan fingerprint density at radius 2 is 1.92 bits per heavy atom. The van der Waals surface area contributed by atoms with E-state index in [1.165, 1.54) is 4.88 Å². The van der Waals surface area contributed by atoms with Crippen LogP contribution in [-0.2, 0) is 17.4 Å². The number of nitrogens with one attached hydrogen (secondary N) is 2. The van der Waals surface area contributed by atoms with Crippen LogP contribution in [0.15, 0.2) is 27.9 Å². The Morgan fingerprint density at radius 3 is 2.46 bits per heavy atom. The minimum Gasteiger partial charge on any atom is -0.356 e. The van der Waals surface area contributed by atoms with E-state index in [0.717, 1.165) is 23.2 Å². The molecular formula is C18H28N4S2. The number of nitrogens with zero attached hydrogens (tertiary/aromatic N) is 2. The minimum atomic E-state index is 0.0758. The summed E-state index contributed by atoms with van der Waals surface area (Å²) in [6.07, 6.45) is 0. The molecule has 0 radical (unpaired) electrons. The molecule has 132 valence electrons. The number of rotatable bonds is 5. The number of aromatic nitrogens is 1. The Bertz CT molecular complexity index is 664. The van der Waals surface area contributed by atoms with E-state index in [-0.39, 0.29) is 10.8 Å². The van der Waals surface area contributed by atoms with Crippen LogP contribution in [0.4, 0.5) is 0 Å². The van der Waals surface area contributed by atoms with Crippen LogP contribution >= 0.6 is 22.7 Å². The monoisotopic (exact) mass is 364 g/mol. The highest BCUT2D eigenvalue weighted by atomic mass is 32.1. The quantitative estimate of drug-likeness (QED) is 0.619. The van der Waals surface area contributed by atoms with Gasteiger partial charge in [-0.3, -0.25) is 4.99 Å². The van der Waals surface area contributed by atoms with E-state index in [0.29, 0.717) is 6.54 Å². The van der Waals surface area contributed by atoms with Crippen LogP contribution in [-0.4, -0.2) is 24.5 Å². The summed E-state index contributed by atoms with van der Waals surface area (Å²) in [5.41, 5.74) is 1.32. The largest absolute Gasteiger partial charge is 0.356 e. The SMILES string of the molecule is CN=C(NCc1nc(C(C)(C)C)cs1)NCC(C)(C)c1cccs1. The van der Waals surface area contributed by atoms with E-state index in [1.807, 2.05) is 0 Å². The fourth-order valence-electron chi connectivity index (χ4n) is 2.17. The molecule has 6 heteroatoms. The molecule has 0 fully saturated rings. The van der Waals surface area contributed by atoms with Crippen LogP contribution < -0.4 is 10.6 Å². The molecular weight excluding hydrogens is 336 g/mol. The highest BCUT2D eigenvalue weighted by molar-refractivity contribution is 7.10. The molecule has 4 nitrogen and oxygen atoms in total. The highest BCUT2D eigenvalue weighted by Gasteiger charge is 2.22. The normalized spacial score (nSPS) is 13.2. The fourth-order valence-corrected chi connectivity index (χ4v) is 3.98. The molecule has 0 aromatic carbocycles. The van der Waals surface area contributed by atoms with Gasteiger partial charge in [-0.05, 0) is 11.4 Å². The smallest absolute Gasteiger partial charge is 0.191 e. The molecule has 0 aliphatic rings. The van der Waals surface area contributed by atoms with Crippen molar-refractivity contribution in [1.29, 1.82) is 0 Å². The molecule has 2 aromatic heterocycles. The second kappa shape index (κ2) is 7.66. The van der Waals surface area contributed by atoms with Gasteiger partial charge >= 0.3 is 0 Å². The van der Waals surface area contributed by atoms with Crippen molar-refractivity contribution in [2.24, 2.45) is 4.99 Å². The lowest BCUT2D eigenvalue weighted by Gasteiger charge is -2.25. The first-order valence-electron chi connectivity index (χ1n) is 8.16. The maximum Gasteiger partial charge on any atom is 0.191 e. The van der Waals surface area contributed by atoms with Gasteiger partial charge in [0.05, 0.1) is 12.2 Å². The Balaban J connectivity index is 1.88. The molecule has 0 aliphatic heterocycles. The number of aliphatic imine (C=N–C) groups is 1. The van der Waals surface area contributed by atoms with Crippen LogP contribution in [0.5, 0.6) is 0 Å². The van der Waals surface area contributed by atoms with Crippen molar-refractivity contribution in [1.82, 2.24) is 15.6 Å². The Hall–Kier alpha value is -1.40. The summed E-state index contributed by atoms with van der Waals surface area (Å²) < 4.78 is 0. The average molecular weight is 365 g/mol. The highest BCUT2D eigenvalue weighted by Crippen LogP contribution is 2.26. The summed E-state index contributed by atoms with van der Waals surface area (Å²) in [6, 6.07) is 4.29. The first-order chi connectivity index (χ1) is 11.2. The zero-order chi connectivity index (χ0) is 17.8. The van der Waals surface area contributed by atoms with Gasteiger partial charge in [0.15, 0.2) is 5.96 Å². The summed E-state index contributed by atoms with van der Waals surface area (Å²) in [4.78, 5) is 10.4. The van der Waals surface area contributed by atoms with Crippen LogP contribution in [0.3, 0.4) is 0 Å². The third kappa shape index (κ3) is 5.05. The van der Waals surface area contributed by atoms with Crippen LogP contribution in [0.2, 0.25) is 0 Å². The molecule has 2 aromatic rings. The number of hydrogen-bond donors (Lipinski definition) is 2. The van der Waals surface area contributed by atoms with E-state index >= 15 is 0 Å². The molecule has 2 heterocycles. The number of guanidine groups is 1. The lowest BCUT2D eigenvalue weighted by Crippen LogP contribution is -2.42. The molecule has 0 spiro atoms. The van der Waals surface area contributed by atoms with E-state index < -0.39 is 0 Å². The third-order valence-electron chi connectivity index (χ3n) is 3.84. The standard InChI is InChI=1S/C18H28N4S2/c1-17(2,3)13-11-24-15(22-13)10-20-16(19-6)21-12-18(4,5)14-8-7-9-23-14/h7-9,11H,10,12H2,1-6H3,(H2,19,20,21).